The monoisotopic (exact) mass is 427 g/mol. The number of H-pyrrole nitrogens is 1. The molecule has 2 amide bonds. The first-order valence-electron chi connectivity index (χ1n) is 11.5. The van der Waals surface area contributed by atoms with Crippen LogP contribution in [0, 0.1) is 5.92 Å². The Labute approximate surface area is 185 Å². The third-order valence-electron chi connectivity index (χ3n) is 5.66. The molecular formula is C25H37N3O3. The second-order valence-corrected chi connectivity index (χ2v) is 9.93. The largest absolute Gasteiger partial charge is 0.444 e. The molecular weight excluding hydrogens is 390 g/mol. The van der Waals surface area contributed by atoms with Crippen molar-refractivity contribution in [3.05, 3.63) is 35.5 Å². The number of para-hydroxylation sites is 1. The van der Waals surface area contributed by atoms with Crippen molar-refractivity contribution in [1.82, 2.24) is 15.2 Å². The van der Waals surface area contributed by atoms with Crippen LogP contribution in [0.2, 0.25) is 0 Å². The Hall–Kier alpha value is -2.50. The summed E-state index contributed by atoms with van der Waals surface area (Å²) in [6.07, 6.45) is 3.44. The lowest BCUT2D eigenvalue weighted by molar-refractivity contribution is -0.134. The molecule has 2 heterocycles. The summed E-state index contributed by atoms with van der Waals surface area (Å²) >= 11 is 0. The summed E-state index contributed by atoms with van der Waals surface area (Å²) in [5.74, 6) is 0.697. The highest BCUT2D eigenvalue weighted by Crippen LogP contribution is 2.38. The van der Waals surface area contributed by atoms with Gasteiger partial charge in [0.25, 0.3) is 0 Å². The molecule has 170 valence electrons. The molecule has 1 aliphatic rings. The van der Waals surface area contributed by atoms with Gasteiger partial charge in [-0.3, -0.25) is 4.79 Å². The number of aromatic amines is 1. The second kappa shape index (κ2) is 9.75. The molecule has 1 aromatic heterocycles. The highest BCUT2D eigenvalue weighted by molar-refractivity contribution is 5.86. The highest BCUT2D eigenvalue weighted by atomic mass is 16.6. The van der Waals surface area contributed by atoms with Crippen LogP contribution in [0.4, 0.5) is 4.79 Å². The Bertz CT molecular complexity index is 910. The van der Waals surface area contributed by atoms with Gasteiger partial charge < -0.3 is 19.9 Å². The quantitative estimate of drug-likeness (QED) is 0.586. The van der Waals surface area contributed by atoms with E-state index in [0.29, 0.717) is 18.9 Å². The van der Waals surface area contributed by atoms with E-state index < -0.39 is 11.7 Å². The van der Waals surface area contributed by atoms with E-state index in [0.717, 1.165) is 37.7 Å². The molecule has 0 bridgehead atoms. The molecule has 0 saturated heterocycles. The number of nitrogens with one attached hydrogen (secondary N) is 2. The first-order chi connectivity index (χ1) is 14.7. The van der Waals surface area contributed by atoms with Gasteiger partial charge in [0.2, 0.25) is 5.91 Å². The SMILES string of the molecule is CC(C)CC1c2[nH]c3ccccc3c2CCN1C(=O)CCCCNC(=O)OC(C)(C)C. The molecule has 1 aromatic carbocycles. The molecule has 1 aliphatic heterocycles. The van der Waals surface area contributed by atoms with Crippen LogP contribution in [0.15, 0.2) is 24.3 Å². The lowest BCUT2D eigenvalue weighted by Crippen LogP contribution is -2.40. The van der Waals surface area contributed by atoms with Crippen molar-refractivity contribution in [2.24, 2.45) is 5.92 Å². The van der Waals surface area contributed by atoms with E-state index in [1.54, 1.807) is 0 Å². The number of unbranched alkanes of at least 4 members (excludes halogenated alkanes) is 1. The fraction of sp³-hybridized carbons (Fsp3) is 0.600. The normalized spacial score (nSPS) is 16.5. The Morgan fingerprint density at radius 2 is 1.97 bits per heavy atom. The van der Waals surface area contributed by atoms with E-state index in [9.17, 15) is 9.59 Å². The summed E-state index contributed by atoms with van der Waals surface area (Å²) < 4.78 is 5.24. The summed E-state index contributed by atoms with van der Waals surface area (Å²) in [7, 11) is 0. The molecule has 0 fully saturated rings. The van der Waals surface area contributed by atoms with Crippen LogP contribution in [-0.2, 0) is 16.0 Å². The number of hydrogen-bond donors (Lipinski definition) is 2. The summed E-state index contributed by atoms with van der Waals surface area (Å²) in [6, 6.07) is 8.52. The molecule has 6 heteroatoms. The van der Waals surface area contributed by atoms with E-state index in [1.807, 2.05) is 20.8 Å². The van der Waals surface area contributed by atoms with Gasteiger partial charge in [0.1, 0.15) is 5.60 Å². The summed E-state index contributed by atoms with van der Waals surface area (Å²) in [6.45, 7) is 11.2. The Kier molecular flexibility index (Phi) is 7.29. The topological polar surface area (TPSA) is 74.4 Å². The predicted octanol–water partition coefficient (Wildman–Crippen LogP) is 5.33. The number of ether oxygens (including phenoxy) is 1. The molecule has 0 saturated carbocycles. The van der Waals surface area contributed by atoms with E-state index in [-0.39, 0.29) is 11.9 Å². The van der Waals surface area contributed by atoms with Gasteiger partial charge in [-0.2, -0.15) is 0 Å². The van der Waals surface area contributed by atoms with Crippen LogP contribution >= 0.6 is 0 Å². The lowest BCUT2D eigenvalue weighted by Gasteiger charge is -2.37. The van der Waals surface area contributed by atoms with Gasteiger partial charge in [-0.05, 0) is 64.0 Å². The molecule has 31 heavy (non-hydrogen) atoms. The summed E-state index contributed by atoms with van der Waals surface area (Å²) in [4.78, 5) is 30.5. The average molecular weight is 428 g/mol. The van der Waals surface area contributed by atoms with Crippen molar-refractivity contribution >= 4 is 22.9 Å². The number of rotatable bonds is 7. The molecule has 2 aromatic rings. The van der Waals surface area contributed by atoms with Gasteiger partial charge in [-0.15, -0.1) is 0 Å². The molecule has 0 spiro atoms. The maximum Gasteiger partial charge on any atom is 0.407 e. The first kappa shape index (κ1) is 23.2. The number of amides is 2. The van der Waals surface area contributed by atoms with Gasteiger partial charge in [-0.1, -0.05) is 32.0 Å². The average Bonchev–Trinajstić information content (AvgIpc) is 3.05. The minimum absolute atomic E-state index is 0.100. The third-order valence-corrected chi connectivity index (χ3v) is 5.66. The zero-order chi connectivity index (χ0) is 22.6. The molecule has 3 rings (SSSR count). The first-order valence-corrected chi connectivity index (χ1v) is 11.5. The number of nitrogens with zero attached hydrogens (tertiary/aromatic N) is 1. The minimum Gasteiger partial charge on any atom is -0.444 e. The van der Waals surface area contributed by atoms with Gasteiger partial charge in [0.15, 0.2) is 0 Å². The zero-order valence-corrected chi connectivity index (χ0v) is 19.6. The lowest BCUT2D eigenvalue weighted by atomic mass is 9.91. The minimum atomic E-state index is -0.499. The smallest absolute Gasteiger partial charge is 0.407 e. The van der Waals surface area contributed by atoms with E-state index >= 15 is 0 Å². The van der Waals surface area contributed by atoms with E-state index in [4.69, 9.17) is 4.74 Å². The van der Waals surface area contributed by atoms with Crippen molar-refractivity contribution in [1.29, 1.82) is 0 Å². The molecule has 6 nitrogen and oxygen atoms in total. The van der Waals surface area contributed by atoms with Crippen LogP contribution < -0.4 is 5.32 Å². The fourth-order valence-electron chi connectivity index (χ4n) is 4.36. The van der Waals surface area contributed by atoms with Crippen LogP contribution in [0.1, 0.15) is 77.6 Å². The van der Waals surface area contributed by atoms with E-state index in [2.05, 4.69) is 53.3 Å². The van der Waals surface area contributed by atoms with Gasteiger partial charge >= 0.3 is 6.09 Å². The maximum atomic E-state index is 13.1. The summed E-state index contributed by atoms with van der Waals surface area (Å²) in [5.41, 5.74) is 3.23. The number of fused-ring (bicyclic) bond motifs is 3. The molecule has 1 atom stereocenters. The number of hydrogen-bond acceptors (Lipinski definition) is 3. The Balaban J connectivity index is 1.58. The standard InChI is InChI=1S/C25H37N3O3/c1-17(2)16-21-23-19(18-10-6-7-11-20(18)27-23)13-15-28(21)22(29)12-8-9-14-26-24(30)31-25(3,4)5/h6-7,10-11,17,21,27H,8-9,12-16H2,1-5H3,(H,26,30). The Morgan fingerprint density at radius 1 is 1.23 bits per heavy atom. The number of aromatic nitrogens is 1. The number of carbonyl (C=O) groups is 2. The van der Waals surface area contributed by atoms with Gasteiger partial charge in [0.05, 0.1) is 6.04 Å². The third kappa shape index (κ3) is 6.02. The Morgan fingerprint density at radius 3 is 2.68 bits per heavy atom. The van der Waals surface area contributed by atoms with Crippen molar-refractivity contribution in [2.75, 3.05) is 13.1 Å². The number of alkyl carbamates (subject to hydrolysis) is 1. The van der Waals surface area contributed by atoms with Crippen LogP contribution in [-0.4, -0.2) is 40.6 Å². The van der Waals surface area contributed by atoms with E-state index in [1.165, 1.54) is 16.6 Å². The van der Waals surface area contributed by atoms with Gasteiger partial charge in [0, 0.05) is 36.1 Å². The van der Waals surface area contributed by atoms with Crippen LogP contribution in [0.3, 0.4) is 0 Å². The maximum absolute atomic E-state index is 13.1. The van der Waals surface area contributed by atoms with Crippen LogP contribution in [0.5, 0.6) is 0 Å². The fourth-order valence-corrected chi connectivity index (χ4v) is 4.36. The molecule has 0 radical (unpaired) electrons. The van der Waals surface area contributed by atoms with Crippen molar-refractivity contribution in [3.63, 3.8) is 0 Å². The van der Waals surface area contributed by atoms with Crippen molar-refractivity contribution < 1.29 is 14.3 Å². The number of carbonyl (C=O) groups excluding carboxylic acids is 2. The predicted molar refractivity (Wildman–Crippen MR) is 124 cm³/mol. The molecule has 2 N–H and O–H groups in total. The second-order valence-electron chi connectivity index (χ2n) is 9.93. The van der Waals surface area contributed by atoms with Crippen LogP contribution in [0.25, 0.3) is 10.9 Å². The zero-order valence-electron chi connectivity index (χ0n) is 19.6. The van der Waals surface area contributed by atoms with Gasteiger partial charge in [-0.25, -0.2) is 4.79 Å². The van der Waals surface area contributed by atoms with Crippen molar-refractivity contribution in [2.45, 2.75) is 78.4 Å². The molecule has 1 unspecified atom stereocenters. The highest BCUT2D eigenvalue weighted by Gasteiger charge is 2.33. The number of benzene rings is 1. The molecule has 0 aliphatic carbocycles. The van der Waals surface area contributed by atoms with Crippen molar-refractivity contribution in [3.8, 4) is 0 Å². The summed E-state index contributed by atoms with van der Waals surface area (Å²) in [5, 5.41) is 4.05.